The standard InChI is InChI=1S/C52H32N4S/c1-2-15-33(16-3-1)43-32-44(54-52(53-43)42-22-14-28-50-51(42)41-21-8-13-27-49(41)57-50)34-29-35(55-45-23-9-4-17-37(45)38-18-5-10-24-46(38)55)31-36(30-34)56-47-25-11-6-19-39(47)40-20-7-12-26-48(40)56/h1-32H. The van der Waals surface area contributed by atoms with Gasteiger partial charge in [0.05, 0.1) is 33.5 Å². The second kappa shape index (κ2) is 12.6. The van der Waals surface area contributed by atoms with Crippen LogP contribution in [0.2, 0.25) is 0 Å². The zero-order chi connectivity index (χ0) is 37.5. The molecular weight excluding hydrogens is 713 g/mol. The van der Waals surface area contributed by atoms with E-state index in [1.807, 2.05) is 11.3 Å². The van der Waals surface area contributed by atoms with Crippen molar-refractivity contribution >= 4 is 75.1 Å². The number of aromatic nitrogens is 4. The molecule has 0 fully saturated rings. The third-order valence-electron chi connectivity index (χ3n) is 11.3. The van der Waals surface area contributed by atoms with Gasteiger partial charge >= 0.3 is 0 Å². The van der Waals surface area contributed by atoms with Crippen LogP contribution in [0.1, 0.15) is 0 Å². The number of hydrogen-bond donors (Lipinski definition) is 0. The number of fused-ring (bicyclic) bond motifs is 9. The highest BCUT2D eigenvalue weighted by Gasteiger charge is 2.20. The van der Waals surface area contributed by atoms with Crippen molar-refractivity contribution < 1.29 is 0 Å². The van der Waals surface area contributed by atoms with E-state index in [-0.39, 0.29) is 0 Å². The Balaban J connectivity index is 1.19. The maximum atomic E-state index is 5.51. The molecule has 0 aliphatic carbocycles. The molecule has 12 aromatic rings. The van der Waals surface area contributed by atoms with E-state index in [1.165, 1.54) is 41.7 Å². The van der Waals surface area contributed by atoms with Crippen molar-refractivity contribution in [3.8, 4) is 45.3 Å². The molecule has 0 saturated heterocycles. The molecule has 0 unspecified atom stereocenters. The summed E-state index contributed by atoms with van der Waals surface area (Å²) in [6, 6.07) is 69.6. The molecule has 4 heterocycles. The molecule has 0 spiro atoms. The highest BCUT2D eigenvalue weighted by molar-refractivity contribution is 7.25. The molecule has 0 aliphatic heterocycles. The van der Waals surface area contributed by atoms with Gasteiger partial charge in [0, 0.05) is 69.8 Å². The molecule has 12 rings (SSSR count). The van der Waals surface area contributed by atoms with E-state index in [0.717, 1.165) is 61.5 Å². The Morgan fingerprint density at radius 2 is 0.807 bits per heavy atom. The molecule has 0 radical (unpaired) electrons. The monoisotopic (exact) mass is 744 g/mol. The predicted molar refractivity (Wildman–Crippen MR) is 240 cm³/mol. The lowest BCUT2D eigenvalue weighted by Gasteiger charge is -2.16. The number of hydrogen-bond acceptors (Lipinski definition) is 3. The molecule has 0 aliphatic rings. The number of benzene rings is 8. The van der Waals surface area contributed by atoms with Gasteiger partial charge in [0.15, 0.2) is 5.82 Å². The lowest BCUT2D eigenvalue weighted by atomic mass is 10.0. The molecule has 0 atom stereocenters. The van der Waals surface area contributed by atoms with E-state index < -0.39 is 0 Å². The van der Waals surface area contributed by atoms with Crippen LogP contribution in [-0.2, 0) is 0 Å². The van der Waals surface area contributed by atoms with E-state index in [1.54, 1.807) is 0 Å². The van der Waals surface area contributed by atoms with Crippen LogP contribution in [-0.4, -0.2) is 19.1 Å². The molecule has 4 nitrogen and oxygen atoms in total. The van der Waals surface area contributed by atoms with Crippen LogP contribution in [0.3, 0.4) is 0 Å². The Kier molecular flexibility index (Phi) is 7.06. The Morgan fingerprint density at radius 3 is 1.37 bits per heavy atom. The molecular formula is C52H32N4S. The summed E-state index contributed by atoms with van der Waals surface area (Å²) < 4.78 is 7.30. The van der Waals surface area contributed by atoms with Crippen LogP contribution in [0.25, 0.3) is 109 Å². The van der Waals surface area contributed by atoms with Crippen LogP contribution in [0.4, 0.5) is 0 Å². The molecule has 0 bridgehead atoms. The summed E-state index contributed by atoms with van der Waals surface area (Å²) in [6.07, 6.45) is 0. The summed E-state index contributed by atoms with van der Waals surface area (Å²) in [7, 11) is 0. The minimum absolute atomic E-state index is 0.709. The summed E-state index contributed by atoms with van der Waals surface area (Å²) in [4.78, 5) is 10.8. The number of nitrogens with zero attached hydrogens (tertiary/aromatic N) is 4. The van der Waals surface area contributed by atoms with Gasteiger partial charge in [0.25, 0.3) is 0 Å². The third-order valence-corrected chi connectivity index (χ3v) is 12.5. The van der Waals surface area contributed by atoms with E-state index in [4.69, 9.17) is 9.97 Å². The van der Waals surface area contributed by atoms with Crippen molar-refractivity contribution in [2.24, 2.45) is 0 Å². The van der Waals surface area contributed by atoms with Crippen molar-refractivity contribution in [2.75, 3.05) is 0 Å². The summed E-state index contributed by atoms with van der Waals surface area (Å²) >= 11 is 1.81. The summed E-state index contributed by atoms with van der Waals surface area (Å²) in [5, 5.41) is 7.32. The SMILES string of the molecule is c1ccc(-c2cc(-c3cc(-n4c5ccccc5c5ccccc54)cc(-n4c5ccccc5c5ccccc54)c3)nc(-c3cccc4sc5ccccc5c34)n2)cc1. The summed E-state index contributed by atoms with van der Waals surface area (Å²) in [5.74, 6) is 0.709. The number of para-hydroxylation sites is 4. The third kappa shape index (κ3) is 4.99. The maximum absolute atomic E-state index is 5.51. The van der Waals surface area contributed by atoms with Crippen molar-refractivity contribution in [1.29, 1.82) is 0 Å². The lowest BCUT2D eigenvalue weighted by molar-refractivity contribution is 1.13. The van der Waals surface area contributed by atoms with Crippen molar-refractivity contribution in [3.63, 3.8) is 0 Å². The Morgan fingerprint density at radius 1 is 0.351 bits per heavy atom. The molecule has 266 valence electrons. The van der Waals surface area contributed by atoms with Gasteiger partial charge in [-0.15, -0.1) is 11.3 Å². The van der Waals surface area contributed by atoms with Crippen LogP contribution < -0.4 is 0 Å². The van der Waals surface area contributed by atoms with E-state index >= 15 is 0 Å². The average molecular weight is 745 g/mol. The van der Waals surface area contributed by atoms with Gasteiger partial charge in [-0.1, -0.05) is 133 Å². The molecule has 8 aromatic carbocycles. The number of thiophene rings is 1. The van der Waals surface area contributed by atoms with Gasteiger partial charge in [0.2, 0.25) is 0 Å². The highest BCUT2D eigenvalue weighted by atomic mass is 32.1. The van der Waals surface area contributed by atoms with Crippen molar-refractivity contribution in [2.45, 2.75) is 0 Å². The molecule has 57 heavy (non-hydrogen) atoms. The normalized spacial score (nSPS) is 11.9. The molecule has 0 amide bonds. The van der Waals surface area contributed by atoms with Gasteiger partial charge in [-0.05, 0) is 60.7 Å². The highest BCUT2D eigenvalue weighted by Crippen LogP contribution is 2.41. The molecule has 0 N–H and O–H groups in total. The fraction of sp³-hybridized carbons (Fsp3) is 0. The Hall–Kier alpha value is -7.34. The zero-order valence-electron chi connectivity index (χ0n) is 30.7. The van der Waals surface area contributed by atoms with Crippen molar-refractivity contribution in [1.82, 2.24) is 19.1 Å². The second-order valence-electron chi connectivity index (χ2n) is 14.6. The smallest absolute Gasteiger partial charge is 0.161 e. The van der Waals surface area contributed by atoms with Crippen LogP contribution in [0.5, 0.6) is 0 Å². The first kappa shape index (κ1) is 32.0. The Labute approximate surface area is 332 Å². The van der Waals surface area contributed by atoms with Crippen molar-refractivity contribution in [3.05, 3.63) is 194 Å². The fourth-order valence-electron chi connectivity index (χ4n) is 8.84. The quantitative estimate of drug-likeness (QED) is 0.176. The second-order valence-corrected chi connectivity index (χ2v) is 15.7. The first-order chi connectivity index (χ1) is 28.3. The van der Waals surface area contributed by atoms with Crippen LogP contribution in [0, 0.1) is 0 Å². The van der Waals surface area contributed by atoms with E-state index in [2.05, 4.69) is 203 Å². The molecule has 4 aromatic heterocycles. The van der Waals surface area contributed by atoms with Gasteiger partial charge in [-0.3, -0.25) is 0 Å². The minimum Gasteiger partial charge on any atom is -0.309 e. The average Bonchev–Trinajstić information content (AvgIpc) is 3.94. The molecule has 0 saturated carbocycles. The fourth-order valence-corrected chi connectivity index (χ4v) is 9.97. The lowest BCUT2D eigenvalue weighted by Crippen LogP contribution is -2.01. The van der Waals surface area contributed by atoms with Crippen LogP contribution >= 0.6 is 11.3 Å². The zero-order valence-corrected chi connectivity index (χ0v) is 31.5. The van der Waals surface area contributed by atoms with E-state index in [9.17, 15) is 0 Å². The first-order valence-corrected chi connectivity index (χ1v) is 20.1. The largest absolute Gasteiger partial charge is 0.309 e. The molecule has 5 heteroatoms. The Bertz CT molecular complexity index is 3300. The summed E-state index contributed by atoms with van der Waals surface area (Å²) in [5.41, 5.74) is 11.6. The van der Waals surface area contributed by atoms with Gasteiger partial charge in [0.1, 0.15) is 0 Å². The maximum Gasteiger partial charge on any atom is 0.161 e. The minimum atomic E-state index is 0.709. The number of rotatable bonds is 5. The first-order valence-electron chi connectivity index (χ1n) is 19.2. The topological polar surface area (TPSA) is 35.6 Å². The van der Waals surface area contributed by atoms with Gasteiger partial charge in [-0.2, -0.15) is 0 Å². The summed E-state index contributed by atoms with van der Waals surface area (Å²) in [6.45, 7) is 0. The van der Waals surface area contributed by atoms with Gasteiger partial charge < -0.3 is 9.13 Å². The van der Waals surface area contributed by atoms with E-state index in [0.29, 0.717) is 5.82 Å². The predicted octanol–water partition coefficient (Wildman–Crippen LogP) is 14.0. The van der Waals surface area contributed by atoms with Crippen LogP contribution in [0.15, 0.2) is 194 Å². The van der Waals surface area contributed by atoms with Gasteiger partial charge in [-0.25, -0.2) is 9.97 Å².